The van der Waals surface area contributed by atoms with E-state index in [2.05, 4.69) is 14.8 Å². The predicted molar refractivity (Wildman–Crippen MR) is 46.8 cm³/mol. The molecule has 16 heavy (non-hydrogen) atoms. The van der Waals surface area contributed by atoms with Gasteiger partial charge < -0.3 is 4.74 Å². The van der Waals surface area contributed by atoms with Crippen LogP contribution in [0.3, 0.4) is 0 Å². The Balaban J connectivity index is 3.54. The summed E-state index contributed by atoms with van der Waals surface area (Å²) in [6.07, 6.45) is -4.78. The fourth-order valence-electron chi connectivity index (χ4n) is 1.13. The molecule has 0 radical (unpaired) electrons. The first kappa shape index (κ1) is 12.1. The number of rotatable bonds is 2. The second-order valence-corrected chi connectivity index (χ2v) is 2.69. The van der Waals surface area contributed by atoms with E-state index in [1.807, 2.05) is 0 Å². The summed E-state index contributed by atoms with van der Waals surface area (Å²) < 4.78 is 54.7. The second-order valence-electron chi connectivity index (χ2n) is 2.69. The van der Waals surface area contributed by atoms with Gasteiger partial charge in [-0.25, -0.2) is 4.39 Å². The summed E-state index contributed by atoms with van der Waals surface area (Å²) in [7, 11) is 0.971. The van der Waals surface area contributed by atoms with Crippen molar-refractivity contribution in [3.63, 3.8) is 0 Å². The minimum atomic E-state index is -4.78. The summed E-state index contributed by atoms with van der Waals surface area (Å²) >= 11 is 0. The van der Waals surface area contributed by atoms with Crippen LogP contribution in [0.15, 0.2) is 17.2 Å². The van der Waals surface area contributed by atoms with Gasteiger partial charge in [-0.1, -0.05) is 5.11 Å². The van der Waals surface area contributed by atoms with Crippen molar-refractivity contribution in [2.24, 2.45) is 5.11 Å². The Labute approximate surface area is 87.1 Å². The van der Waals surface area contributed by atoms with Crippen LogP contribution in [0, 0.1) is 5.82 Å². The van der Waals surface area contributed by atoms with Crippen molar-refractivity contribution >= 4 is 5.69 Å². The van der Waals surface area contributed by atoms with E-state index in [0.717, 1.165) is 7.11 Å². The lowest BCUT2D eigenvalue weighted by Crippen LogP contribution is -2.08. The molecular formula is C8H5F4N3O. The van der Waals surface area contributed by atoms with Crippen LogP contribution in [0.1, 0.15) is 5.56 Å². The largest absolute Gasteiger partial charge is 0.496 e. The molecule has 86 valence electrons. The van der Waals surface area contributed by atoms with Crippen molar-refractivity contribution in [2.75, 3.05) is 7.11 Å². The van der Waals surface area contributed by atoms with E-state index in [0.29, 0.717) is 6.07 Å². The Bertz CT molecular complexity index is 451. The van der Waals surface area contributed by atoms with E-state index in [4.69, 9.17) is 5.53 Å². The molecule has 0 fully saturated rings. The molecule has 0 heterocycles. The molecule has 0 bridgehead atoms. The first-order valence-corrected chi connectivity index (χ1v) is 3.90. The van der Waals surface area contributed by atoms with E-state index >= 15 is 0 Å². The highest BCUT2D eigenvalue weighted by Gasteiger charge is 2.36. The van der Waals surface area contributed by atoms with Gasteiger partial charge in [0.1, 0.15) is 17.1 Å². The maximum absolute atomic E-state index is 12.9. The van der Waals surface area contributed by atoms with Gasteiger partial charge in [-0.05, 0) is 17.7 Å². The minimum absolute atomic E-state index is 0.273. The molecule has 0 amide bonds. The lowest BCUT2D eigenvalue weighted by atomic mass is 10.1. The van der Waals surface area contributed by atoms with E-state index < -0.39 is 29.0 Å². The number of hydrogen-bond donors (Lipinski definition) is 0. The molecule has 0 aliphatic heterocycles. The van der Waals surface area contributed by atoms with Crippen molar-refractivity contribution in [1.29, 1.82) is 0 Å². The van der Waals surface area contributed by atoms with Gasteiger partial charge in [0, 0.05) is 4.91 Å². The molecule has 1 rings (SSSR count). The molecule has 0 aromatic heterocycles. The summed E-state index contributed by atoms with van der Waals surface area (Å²) in [5.41, 5.74) is 6.26. The van der Waals surface area contributed by atoms with Crippen molar-refractivity contribution in [2.45, 2.75) is 6.18 Å². The van der Waals surface area contributed by atoms with Gasteiger partial charge in [-0.2, -0.15) is 13.2 Å². The highest BCUT2D eigenvalue weighted by molar-refractivity contribution is 5.57. The fourth-order valence-corrected chi connectivity index (χ4v) is 1.13. The molecule has 1 aromatic rings. The quantitative estimate of drug-likeness (QED) is 0.333. The maximum atomic E-state index is 12.9. The van der Waals surface area contributed by atoms with Gasteiger partial charge in [0.15, 0.2) is 0 Å². The number of hydrogen-bond acceptors (Lipinski definition) is 2. The number of methoxy groups -OCH3 is 1. The zero-order valence-corrected chi connectivity index (χ0v) is 7.92. The molecule has 0 aliphatic rings. The molecule has 0 saturated heterocycles. The van der Waals surface area contributed by atoms with Crippen LogP contribution < -0.4 is 4.74 Å². The zero-order valence-electron chi connectivity index (χ0n) is 7.92. The molecule has 0 unspecified atom stereocenters. The van der Waals surface area contributed by atoms with E-state index in [9.17, 15) is 17.6 Å². The Morgan fingerprint density at radius 1 is 1.38 bits per heavy atom. The predicted octanol–water partition coefficient (Wildman–Crippen LogP) is 3.79. The first-order valence-electron chi connectivity index (χ1n) is 3.90. The Morgan fingerprint density at radius 3 is 2.44 bits per heavy atom. The van der Waals surface area contributed by atoms with E-state index in [-0.39, 0.29) is 6.07 Å². The smallest absolute Gasteiger partial charge is 0.420 e. The third-order valence-electron chi connectivity index (χ3n) is 1.70. The molecule has 0 saturated carbocycles. The Hall–Kier alpha value is -1.95. The summed E-state index contributed by atoms with van der Waals surface area (Å²) in [5.74, 6) is -1.86. The van der Waals surface area contributed by atoms with Crippen LogP contribution in [0.25, 0.3) is 10.4 Å². The van der Waals surface area contributed by atoms with Crippen molar-refractivity contribution in [3.8, 4) is 5.75 Å². The van der Waals surface area contributed by atoms with Crippen LogP contribution in [0.2, 0.25) is 0 Å². The average molecular weight is 235 g/mol. The number of alkyl halides is 3. The lowest BCUT2D eigenvalue weighted by molar-refractivity contribution is -0.138. The monoisotopic (exact) mass is 235 g/mol. The van der Waals surface area contributed by atoms with Gasteiger partial charge in [-0.15, -0.1) is 0 Å². The molecule has 0 atom stereocenters. The number of halogens is 4. The van der Waals surface area contributed by atoms with Gasteiger partial charge in [0.2, 0.25) is 0 Å². The highest BCUT2D eigenvalue weighted by Crippen LogP contribution is 2.42. The normalized spacial score (nSPS) is 10.8. The standard InChI is InChI=1S/C8H5F4N3O/c1-16-7-5(8(10,11)12)2-4(9)3-6(7)14-15-13/h2-3H,1H3. The van der Waals surface area contributed by atoms with E-state index in [1.54, 1.807) is 0 Å². The van der Waals surface area contributed by atoms with Crippen molar-refractivity contribution in [3.05, 3.63) is 34.0 Å². The van der Waals surface area contributed by atoms with Crippen LogP contribution in [-0.4, -0.2) is 7.11 Å². The van der Waals surface area contributed by atoms with Gasteiger partial charge in [0.25, 0.3) is 0 Å². The van der Waals surface area contributed by atoms with Crippen LogP contribution in [-0.2, 0) is 6.18 Å². The summed E-state index contributed by atoms with van der Waals surface area (Å²) in [6.45, 7) is 0. The summed E-state index contributed by atoms with van der Waals surface area (Å²) in [5, 5.41) is 2.93. The topological polar surface area (TPSA) is 58.0 Å². The highest BCUT2D eigenvalue weighted by atomic mass is 19.4. The second kappa shape index (κ2) is 4.28. The molecule has 0 spiro atoms. The molecule has 0 N–H and O–H groups in total. The van der Waals surface area contributed by atoms with Gasteiger partial charge in [0.05, 0.1) is 12.8 Å². The van der Waals surface area contributed by atoms with Crippen molar-refractivity contribution in [1.82, 2.24) is 0 Å². The molecule has 0 aliphatic carbocycles. The fraction of sp³-hybridized carbons (Fsp3) is 0.250. The van der Waals surface area contributed by atoms with Crippen LogP contribution in [0.5, 0.6) is 5.75 Å². The maximum Gasteiger partial charge on any atom is 0.420 e. The van der Waals surface area contributed by atoms with Crippen LogP contribution in [0.4, 0.5) is 23.2 Å². The third kappa shape index (κ3) is 2.34. The Kier molecular flexibility index (Phi) is 3.24. The third-order valence-corrected chi connectivity index (χ3v) is 1.70. The molecule has 1 aromatic carbocycles. The Morgan fingerprint density at radius 2 is 2.00 bits per heavy atom. The van der Waals surface area contributed by atoms with Crippen molar-refractivity contribution < 1.29 is 22.3 Å². The molecule has 4 nitrogen and oxygen atoms in total. The minimum Gasteiger partial charge on any atom is -0.496 e. The lowest BCUT2D eigenvalue weighted by Gasteiger charge is -2.13. The average Bonchev–Trinajstić information content (AvgIpc) is 2.16. The summed E-state index contributed by atoms with van der Waals surface area (Å²) in [4.78, 5) is 2.29. The number of azide groups is 1. The van der Waals surface area contributed by atoms with Gasteiger partial charge in [-0.3, -0.25) is 0 Å². The number of ether oxygens (including phenoxy) is 1. The molecular weight excluding hydrogens is 230 g/mol. The van der Waals surface area contributed by atoms with Crippen LogP contribution >= 0.6 is 0 Å². The van der Waals surface area contributed by atoms with E-state index in [1.165, 1.54) is 0 Å². The zero-order chi connectivity index (χ0) is 12.3. The van der Waals surface area contributed by atoms with Gasteiger partial charge >= 0.3 is 6.18 Å². The number of nitrogens with zero attached hydrogens (tertiary/aromatic N) is 3. The SMILES string of the molecule is COc1c(N=[N+]=[N-])cc(F)cc1C(F)(F)F. The first-order chi connectivity index (χ1) is 7.40. The summed E-state index contributed by atoms with van der Waals surface area (Å²) in [6, 6.07) is 0.934. The molecule has 8 heteroatoms. The number of benzene rings is 1.